The van der Waals surface area contributed by atoms with E-state index >= 15 is 0 Å². The van der Waals surface area contributed by atoms with Gasteiger partial charge in [0.15, 0.2) is 8.32 Å². The summed E-state index contributed by atoms with van der Waals surface area (Å²) in [5.74, 6) is 1.26. The highest BCUT2D eigenvalue weighted by Crippen LogP contribution is 2.38. The Hall–Kier alpha value is -0.163. The second kappa shape index (κ2) is 5.68. The van der Waals surface area contributed by atoms with E-state index in [-0.39, 0.29) is 0 Å². The van der Waals surface area contributed by atoms with Crippen molar-refractivity contribution in [2.24, 2.45) is 5.92 Å². The Morgan fingerprint density at radius 1 is 1.37 bits per heavy atom. The van der Waals surface area contributed by atoms with Crippen molar-refractivity contribution in [1.29, 1.82) is 0 Å². The van der Waals surface area contributed by atoms with Crippen LogP contribution < -0.4 is 5.32 Å². The fraction of sp³-hybridized carbons (Fsp3) is 0.733. The predicted molar refractivity (Wildman–Crippen MR) is 86.6 cm³/mol. The second-order valence-electron chi connectivity index (χ2n) is 7.15. The molecular formula is C15H27NOSSi. The molecule has 0 amide bonds. The first-order valence-corrected chi connectivity index (χ1v) is 11.0. The highest BCUT2D eigenvalue weighted by molar-refractivity contribution is 7.08. The lowest BCUT2D eigenvalue weighted by molar-refractivity contribution is 0.227. The Morgan fingerprint density at radius 3 is 2.68 bits per heavy atom. The standard InChI is InChI=1S/C15H27NOSSi/c1-15(2,3)19(4,5)17-10-13-8-16-9-14(13)12-6-7-18-11-12/h6-7,11,13-14,16H,8-10H2,1-5H3/t13-,14-/m1/s1. The average Bonchev–Trinajstić information content (AvgIpc) is 2.95. The normalized spacial score (nSPS) is 24.9. The van der Waals surface area contributed by atoms with E-state index in [9.17, 15) is 0 Å². The van der Waals surface area contributed by atoms with Crippen molar-refractivity contribution in [1.82, 2.24) is 5.32 Å². The fourth-order valence-electron chi connectivity index (χ4n) is 2.32. The first kappa shape index (κ1) is 15.2. The molecule has 1 N–H and O–H groups in total. The molecule has 0 aromatic carbocycles. The molecule has 1 aliphatic heterocycles. The third-order valence-corrected chi connectivity index (χ3v) is 9.98. The Morgan fingerprint density at radius 2 is 2.11 bits per heavy atom. The zero-order valence-electron chi connectivity index (χ0n) is 12.8. The van der Waals surface area contributed by atoms with Crippen LogP contribution in [0.3, 0.4) is 0 Å². The van der Waals surface area contributed by atoms with Crippen LogP contribution >= 0.6 is 11.3 Å². The van der Waals surface area contributed by atoms with Crippen LogP contribution in [0.25, 0.3) is 0 Å². The van der Waals surface area contributed by atoms with Gasteiger partial charge >= 0.3 is 0 Å². The van der Waals surface area contributed by atoms with Crippen molar-refractivity contribution in [3.05, 3.63) is 22.4 Å². The highest BCUT2D eigenvalue weighted by Gasteiger charge is 2.39. The summed E-state index contributed by atoms with van der Waals surface area (Å²) in [4.78, 5) is 0. The maximum absolute atomic E-state index is 6.41. The lowest BCUT2D eigenvalue weighted by atomic mass is 9.92. The van der Waals surface area contributed by atoms with Crippen LogP contribution in [-0.4, -0.2) is 28.0 Å². The molecule has 108 valence electrons. The van der Waals surface area contributed by atoms with Gasteiger partial charge in [0.2, 0.25) is 0 Å². The van der Waals surface area contributed by atoms with Gasteiger partial charge in [-0.25, -0.2) is 0 Å². The molecule has 4 heteroatoms. The van der Waals surface area contributed by atoms with Crippen molar-refractivity contribution in [3.63, 3.8) is 0 Å². The predicted octanol–water partition coefficient (Wildman–Crippen LogP) is 4.07. The zero-order chi connectivity index (χ0) is 14.1. The van der Waals surface area contributed by atoms with Crippen LogP contribution in [0.5, 0.6) is 0 Å². The van der Waals surface area contributed by atoms with E-state index in [1.54, 1.807) is 11.3 Å². The molecule has 1 saturated heterocycles. The van der Waals surface area contributed by atoms with E-state index in [1.807, 2.05) is 0 Å². The van der Waals surface area contributed by atoms with Gasteiger partial charge in [0.1, 0.15) is 0 Å². The van der Waals surface area contributed by atoms with Gasteiger partial charge in [0.25, 0.3) is 0 Å². The van der Waals surface area contributed by atoms with Crippen molar-refractivity contribution >= 4 is 19.7 Å². The first-order valence-electron chi connectivity index (χ1n) is 7.18. The van der Waals surface area contributed by atoms with Crippen LogP contribution in [0.15, 0.2) is 16.8 Å². The average molecular weight is 298 g/mol. The molecule has 0 unspecified atom stereocenters. The Labute approximate surface area is 122 Å². The number of nitrogens with one attached hydrogen (secondary N) is 1. The van der Waals surface area contributed by atoms with E-state index in [0.717, 1.165) is 19.7 Å². The third-order valence-electron chi connectivity index (χ3n) is 4.78. The number of hydrogen-bond acceptors (Lipinski definition) is 3. The van der Waals surface area contributed by atoms with E-state index in [1.165, 1.54) is 5.56 Å². The molecule has 0 aliphatic carbocycles. The van der Waals surface area contributed by atoms with Crippen molar-refractivity contribution in [3.8, 4) is 0 Å². The van der Waals surface area contributed by atoms with Gasteiger partial charge in [-0.1, -0.05) is 20.8 Å². The smallest absolute Gasteiger partial charge is 0.191 e. The molecule has 2 rings (SSSR count). The van der Waals surface area contributed by atoms with E-state index in [0.29, 0.717) is 16.9 Å². The largest absolute Gasteiger partial charge is 0.416 e. The summed E-state index contributed by atoms with van der Waals surface area (Å²) in [6, 6.07) is 2.27. The SMILES string of the molecule is CC(C)(C)[Si](C)(C)OC[C@H]1CNC[C@@H]1c1ccsc1. The van der Waals surface area contributed by atoms with Gasteiger partial charge in [0.05, 0.1) is 0 Å². The topological polar surface area (TPSA) is 21.3 Å². The summed E-state index contributed by atoms with van der Waals surface area (Å²) in [5, 5.41) is 8.30. The molecule has 19 heavy (non-hydrogen) atoms. The van der Waals surface area contributed by atoms with Gasteiger partial charge in [-0.2, -0.15) is 11.3 Å². The monoisotopic (exact) mass is 297 g/mol. The lowest BCUT2D eigenvalue weighted by Gasteiger charge is -2.37. The minimum atomic E-state index is -1.61. The van der Waals surface area contributed by atoms with E-state index < -0.39 is 8.32 Å². The summed E-state index contributed by atoms with van der Waals surface area (Å²) in [7, 11) is -1.61. The first-order chi connectivity index (χ1) is 8.81. The molecule has 2 atom stereocenters. The number of hydrogen-bond donors (Lipinski definition) is 1. The van der Waals surface area contributed by atoms with Crippen LogP contribution in [0.4, 0.5) is 0 Å². The van der Waals surface area contributed by atoms with Crippen LogP contribution in [0, 0.1) is 5.92 Å². The lowest BCUT2D eigenvalue weighted by Crippen LogP contribution is -2.42. The van der Waals surface area contributed by atoms with Crippen LogP contribution in [0.1, 0.15) is 32.3 Å². The van der Waals surface area contributed by atoms with Crippen molar-refractivity contribution in [2.75, 3.05) is 19.7 Å². The van der Waals surface area contributed by atoms with Crippen molar-refractivity contribution < 1.29 is 4.43 Å². The number of thiophene rings is 1. The molecule has 0 saturated carbocycles. The Bertz CT molecular complexity index is 397. The summed E-state index contributed by atoms with van der Waals surface area (Å²) in [6.45, 7) is 14.7. The summed E-state index contributed by atoms with van der Waals surface area (Å²) >= 11 is 1.80. The Balaban J connectivity index is 1.96. The Kier molecular flexibility index (Phi) is 4.55. The number of rotatable bonds is 4. The summed E-state index contributed by atoms with van der Waals surface area (Å²) in [5.41, 5.74) is 1.49. The van der Waals surface area contributed by atoms with Crippen molar-refractivity contribution in [2.45, 2.75) is 44.8 Å². The maximum atomic E-state index is 6.41. The fourth-order valence-corrected chi connectivity index (χ4v) is 4.10. The minimum absolute atomic E-state index is 0.302. The highest BCUT2D eigenvalue weighted by atomic mass is 32.1. The zero-order valence-corrected chi connectivity index (χ0v) is 14.6. The molecule has 1 fully saturated rings. The third kappa shape index (κ3) is 3.48. The van der Waals surface area contributed by atoms with Crippen LogP contribution in [0.2, 0.25) is 18.1 Å². The quantitative estimate of drug-likeness (QED) is 0.846. The molecule has 1 aliphatic rings. The summed E-state index contributed by atoms with van der Waals surface area (Å²) < 4.78 is 6.41. The van der Waals surface area contributed by atoms with Gasteiger partial charge < -0.3 is 9.74 Å². The molecule has 2 heterocycles. The molecule has 0 bridgehead atoms. The second-order valence-corrected chi connectivity index (χ2v) is 12.7. The molecule has 0 radical (unpaired) electrons. The van der Waals surface area contributed by atoms with Gasteiger partial charge in [-0.3, -0.25) is 0 Å². The van der Waals surface area contributed by atoms with Crippen LogP contribution in [-0.2, 0) is 4.43 Å². The van der Waals surface area contributed by atoms with Gasteiger partial charge in [-0.05, 0) is 40.5 Å². The van der Waals surface area contributed by atoms with E-state index in [4.69, 9.17) is 4.43 Å². The maximum Gasteiger partial charge on any atom is 0.191 e. The van der Waals surface area contributed by atoms with E-state index in [2.05, 4.69) is 56.0 Å². The molecular weight excluding hydrogens is 270 g/mol. The van der Waals surface area contributed by atoms with Gasteiger partial charge in [-0.15, -0.1) is 0 Å². The minimum Gasteiger partial charge on any atom is -0.416 e. The molecule has 1 aromatic rings. The molecule has 1 aromatic heterocycles. The summed E-state index contributed by atoms with van der Waals surface area (Å²) in [6.07, 6.45) is 0. The molecule has 2 nitrogen and oxygen atoms in total. The molecule has 0 spiro atoms. The van der Waals surface area contributed by atoms with Gasteiger partial charge in [0, 0.05) is 31.5 Å².